The van der Waals surface area contributed by atoms with Gasteiger partial charge in [0.15, 0.2) is 11.5 Å². The summed E-state index contributed by atoms with van der Waals surface area (Å²) in [6.45, 7) is 8.60. The summed E-state index contributed by atoms with van der Waals surface area (Å²) in [5.74, 6) is 3.42. The molecule has 2 aromatic heterocycles. The molecule has 49 heavy (non-hydrogen) atoms. The number of amides is 1. The number of hydrogen-bond donors (Lipinski definition) is 2. The minimum absolute atomic E-state index is 0.158. The molecule has 2 heterocycles. The summed E-state index contributed by atoms with van der Waals surface area (Å²) in [7, 11) is 6.63. The molecular formula is C36H50N6O5S2. The molecule has 1 amide bonds. The van der Waals surface area contributed by atoms with Gasteiger partial charge in [0.2, 0.25) is 16.2 Å². The van der Waals surface area contributed by atoms with Gasteiger partial charge in [-0.25, -0.2) is 0 Å². The van der Waals surface area contributed by atoms with Gasteiger partial charge >= 0.3 is 0 Å². The van der Waals surface area contributed by atoms with Crippen LogP contribution >= 0.6 is 22.7 Å². The molecule has 2 N–H and O–H groups in total. The standard InChI is InChI=1S/C21H26N6O3S2.C10H12O2.C5H12/c1-22-20-26-24-18(31-20)13-7-4-8-14(10-13)19-25-27-21(32-19)23-16(28)11-12-6-5-9-15(29-2)17(12)30-3;1-8-9(6-7-11)4-3-5-10(8)12-2;1-4-5(2)3/h5-6,9,13-14H,4,7-8,10-11H2,1-3H3,(H,22,26)(H,23,27,28);3-5,7H,6H2,1-2H3;5H,4H2,1-3H3/t13?,14-;;/m0../s1. The van der Waals surface area contributed by atoms with E-state index in [1.165, 1.54) is 17.8 Å². The van der Waals surface area contributed by atoms with Crippen LogP contribution < -0.4 is 24.8 Å². The van der Waals surface area contributed by atoms with Gasteiger partial charge in [0.25, 0.3) is 0 Å². The molecule has 0 saturated heterocycles. The average Bonchev–Trinajstić information content (AvgIpc) is 3.80. The zero-order valence-electron chi connectivity index (χ0n) is 29.9. The normalized spacial score (nSPS) is 15.2. The largest absolute Gasteiger partial charge is 0.496 e. The van der Waals surface area contributed by atoms with Crippen LogP contribution in [-0.4, -0.2) is 61.0 Å². The Hall–Kier alpha value is -4.10. The predicted octanol–water partition coefficient (Wildman–Crippen LogP) is 7.87. The van der Waals surface area contributed by atoms with Crippen LogP contribution in [0.5, 0.6) is 17.2 Å². The number of aldehydes is 1. The molecule has 2 aromatic carbocycles. The monoisotopic (exact) mass is 710 g/mol. The van der Waals surface area contributed by atoms with Crippen molar-refractivity contribution in [1.82, 2.24) is 20.4 Å². The highest BCUT2D eigenvalue weighted by atomic mass is 32.1. The number of anilines is 2. The number of nitrogens with one attached hydrogen (secondary N) is 2. The molecule has 2 atom stereocenters. The molecule has 1 fully saturated rings. The first-order valence-electron chi connectivity index (χ1n) is 16.6. The summed E-state index contributed by atoms with van der Waals surface area (Å²) >= 11 is 3.06. The summed E-state index contributed by atoms with van der Waals surface area (Å²) in [5.41, 5.74) is 2.83. The Labute approximate surface area is 298 Å². The minimum Gasteiger partial charge on any atom is -0.496 e. The van der Waals surface area contributed by atoms with E-state index in [4.69, 9.17) is 14.2 Å². The lowest BCUT2D eigenvalue weighted by atomic mass is 9.82. The number of ether oxygens (including phenoxy) is 3. The molecule has 266 valence electrons. The molecule has 1 aliphatic carbocycles. The van der Waals surface area contributed by atoms with Gasteiger partial charge in [-0.15, -0.1) is 20.4 Å². The number of carbonyl (C=O) groups is 2. The highest BCUT2D eigenvalue weighted by Gasteiger charge is 2.29. The molecule has 1 unspecified atom stereocenters. The number of benzene rings is 2. The van der Waals surface area contributed by atoms with E-state index in [1.54, 1.807) is 38.7 Å². The average molecular weight is 711 g/mol. The van der Waals surface area contributed by atoms with Gasteiger partial charge in [-0.05, 0) is 55.4 Å². The number of aromatic nitrogens is 4. The SMILES string of the molecule is CCC(C)C.CNc1nnc(C2CCC[C@H](c3nnc(NC(=O)Cc4cccc(OC)c4OC)s3)C2)s1.COc1cccc(CC=O)c1C. The number of para-hydroxylation sites is 1. The lowest BCUT2D eigenvalue weighted by Gasteiger charge is -2.25. The van der Waals surface area contributed by atoms with Gasteiger partial charge in [-0.1, -0.05) is 80.6 Å². The van der Waals surface area contributed by atoms with Crippen molar-refractivity contribution < 1.29 is 23.8 Å². The fourth-order valence-corrected chi connectivity index (χ4v) is 6.96. The van der Waals surface area contributed by atoms with Crippen molar-refractivity contribution in [3.8, 4) is 17.2 Å². The number of nitrogens with zero attached hydrogens (tertiary/aromatic N) is 4. The Kier molecular flexibility index (Phi) is 16.4. The van der Waals surface area contributed by atoms with Gasteiger partial charge < -0.3 is 29.6 Å². The summed E-state index contributed by atoms with van der Waals surface area (Å²) in [6, 6.07) is 11.2. The second kappa shape index (κ2) is 20.4. The quantitative estimate of drug-likeness (QED) is 0.140. The lowest BCUT2D eigenvalue weighted by Crippen LogP contribution is -2.15. The second-order valence-corrected chi connectivity index (χ2v) is 14.0. The van der Waals surface area contributed by atoms with E-state index in [2.05, 4.69) is 51.8 Å². The van der Waals surface area contributed by atoms with E-state index in [9.17, 15) is 9.59 Å². The summed E-state index contributed by atoms with van der Waals surface area (Å²) in [6.07, 6.45) is 7.09. The van der Waals surface area contributed by atoms with Gasteiger partial charge in [0.05, 0.1) is 27.8 Å². The maximum Gasteiger partial charge on any atom is 0.230 e. The first-order valence-corrected chi connectivity index (χ1v) is 18.2. The topological polar surface area (TPSA) is 137 Å². The third kappa shape index (κ3) is 11.8. The maximum atomic E-state index is 12.6. The van der Waals surface area contributed by atoms with Crippen LogP contribution in [-0.2, 0) is 22.4 Å². The number of carbonyl (C=O) groups excluding carboxylic acids is 2. The van der Waals surface area contributed by atoms with E-state index in [0.29, 0.717) is 34.9 Å². The Morgan fingerprint density at radius 3 is 2.00 bits per heavy atom. The summed E-state index contributed by atoms with van der Waals surface area (Å²) in [5, 5.41) is 26.4. The highest BCUT2D eigenvalue weighted by molar-refractivity contribution is 7.15. The van der Waals surface area contributed by atoms with Crippen LogP contribution in [0.2, 0.25) is 0 Å². The summed E-state index contributed by atoms with van der Waals surface area (Å²) in [4.78, 5) is 22.9. The smallest absolute Gasteiger partial charge is 0.230 e. The molecule has 0 spiro atoms. The predicted molar refractivity (Wildman–Crippen MR) is 198 cm³/mol. The van der Waals surface area contributed by atoms with E-state index in [1.807, 2.05) is 44.3 Å². The van der Waals surface area contributed by atoms with Crippen LogP contribution in [0.1, 0.15) is 91.4 Å². The third-order valence-electron chi connectivity index (χ3n) is 8.29. The van der Waals surface area contributed by atoms with Gasteiger partial charge in [-0.3, -0.25) is 4.79 Å². The van der Waals surface area contributed by atoms with Gasteiger partial charge in [0, 0.05) is 30.9 Å². The molecule has 1 aliphatic rings. The molecular weight excluding hydrogens is 661 g/mol. The lowest BCUT2D eigenvalue weighted by molar-refractivity contribution is -0.115. The van der Waals surface area contributed by atoms with Crippen LogP contribution in [0.15, 0.2) is 36.4 Å². The van der Waals surface area contributed by atoms with E-state index in [-0.39, 0.29) is 12.3 Å². The third-order valence-corrected chi connectivity index (χ3v) is 10.4. The Morgan fingerprint density at radius 1 is 0.898 bits per heavy atom. The Morgan fingerprint density at radius 2 is 1.47 bits per heavy atom. The Balaban J connectivity index is 0.000000315. The number of hydrogen-bond acceptors (Lipinski definition) is 12. The van der Waals surface area contributed by atoms with E-state index >= 15 is 0 Å². The fraction of sp³-hybridized carbons (Fsp3) is 0.500. The molecule has 13 heteroatoms. The van der Waals surface area contributed by atoms with Crippen molar-refractivity contribution in [2.45, 2.75) is 84.5 Å². The van der Waals surface area contributed by atoms with Crippen LogP contribution in [0.3, 0.4) is 0 Å². The second-order valence-electron chi connectivity index (χ2n) is 12.0. The van der Waals surface area contributed by atoms with Gasteiger partial charge in [-0.2, -0.15) is 0 Å². The minimum atomic E-state index is -0.172. The van der Waals surface area contributed by atoms with Crippen molar-refractivity contribution in [2.24, 2.45) is 5.92 Å². The highest BCUT2D eigenvalue weighted by Crippen LogP contribution is 2.43. The van der Waals surface area contributed by atoms with E-state index < -0.39 is 0 Å². The molecule has 0 aliphatic heterocycles. The first kappa shape index (κ1) is 39.3. The van der Waals surface area contributed by atoms with Crippen molar-refractivity contribution >= 4 is 45.1 Å². The summed E-state index contributed by atoms with van der Waals surface area (Å²) < 4.78 is 15.8. The Bertz CT molecular complexity index is 1610. The molecule has 4 aromatic rings. The molecule has 0 bridgehead atoms. The zero-order valence-corrected chi connectivity index (χ0v) is 31.5. The molecule has 1 saturated carbocycles. The maximum absolute atomic E-state index is 12.6. The van der Waals surface area contributed by atoms with Crippen LogP contribution in [0.25, 0.3) is 0 Å². The van der Waals surface area contributed by atoms with Gasteiger partial charge in [0.1, 0.15) is 22.1 Å². The number of methoxy groups -OCH3 is 3. The van der Waals surface area contributed by atoms with Crippen molar-refractivity contribution in [1.29, 1.82) is 0 Å². The molecule has 11 nitrogen and oxygen atoms in total. The van der Waals surface area contributed by atoms with Crippen molar-refractivity contribution in [3.05, 3.63) is 63.1 Å². The molecule has 5 rings (SSSR count). The fourth-order valence-electron chi connectivity index (χ4n) is 5.21. The van der Waals surface area contributed by atoms with Crippen LogP contribution in [0, 0.1) is 12.8 Å². The zero-order chi connectivity index (χ0) is 35.8. The number of rotatable bonds is 12. The van der Waals surface area contributed by atoms with Crippen molar-refractivity contribution in [3.63, 3.8) is 0 Å². The molecule has 0 radical (unpaired) electrons. The van der Waals surface area contributed by atoms with Crippen molar-refractivity contribution in [2.75, 3.05) is 39.0 Å². The first-order chi connectivity index (χ1) is 23.7. The van der Waals surface area contributed by atoms with Crippen LogP contribution in [0.4, 0.5) is 10.3 Å². The van der Waals surface area contributed by atoms with E-state index in [0.717, 1.165) is 75.5 Å².